The number of fused-ring (bicyclic) bond motifs is 1. The van der Waals surface area contributed by atoms with E-state index in [-0.39, 0.29) is 5.56 Å². The summed E-state index contributed by atoms with van der Waals surface area (Å²) in [6.45, 7) is 0. The maximum absolute atomic E-state index is 12.5. The Kier molecular flexibility index (Phi) is 2.91. The van der Waals surface area contributed by atoms with Crippen molar-refractivity contribution >= 4 is 22.5 Å². The minimum Gasteiger partial charge on any atom is -0.296 e. The molecule has 3 rings (SSSR count). The average molecular weight is 288 g/mol. The summed E-state index contributed by atoms with van der Waals surface area (Å²) in [5.74, 6) is 0. The number of aryl methyl sites for hydroxylation is 1. The zero-order valence-electron chi connectivity index (χ0n) is 10.6. The first-order valence-corrected chi connectivity index (χ1v) is 6.30. The van der Waals surface area contributed by atoms with E-state index >= 15 is 0 Å². The molecule has 2 heterocycles. The second-order valence-electron chi connectivity index (χ2n) is 4.34. The van der Waals surface area contributed by atoms with Crippen molar-refractivity contribution in [1.82, 2.24) is 14.1 Å². The first-order chi connectivity index (χ1) is 9.59. The third-order valence-corrected chi connectivity index (χ3v) is 3.37. The lowest BCUT2D eigenvalue weighted by Crippen LogP contribution is -2.37. The minimum absolute atomic E-state index is 0.305. The lowest BCUT2D eigenvalue weighted by atomic mass is 10.2. The standard InChI is InChI=1S/C14H10ClN3O2/c1-17-11-5-3-2-4-10(11)13(19)18(14(17)20)9-6-7-12(15)16-8-9/h2-8H,1H3. The van der Waals surface area contributed by atoms with Crippen LogP contribution in [0, 0.1) is 0 Å². The molecule has 0 aliphatic heterocycles. The van der Waals surface area contributed by atoms with Crippen LogP contribution in [0.25, 0.3) is 16.6 Å². The van der Waals surface area contributed by atoms with Gasteiger partial charge in [-0.1, -0.05) is 23.7 Å². The van der Waals surface area contributed by atoms with Crippen molar-refractivity contribution in [2.24, 2.45) is 7.05 Å². The highest BCUT2D eigenvalue weighted by molar-refractivity contribution is 6.29. The van der Waals surface area contributed by atoms with Crippen molar-refractivity contribution < 1.29 is 0 Å². The van der Waals surface area contributed by atoms with Crippen LogP contribution in [0.4, 0.5) is 0 Å². The van der Waals surface area contributed by atoms with E-state index < -0.39 is 5.69 Å². The molecule has 20 heavy (non-hydrogen) atoms. The highest BCUT2D eigenvalue weighted by atomic mass is 35.5. The molecule has 0 radical (unpaired) electrons. The van der Waals surface area contributed by atoms with Gasteiger partial charge >= 0.3 is 5.69 Å². The summed E-state index contributed by atoms with van der Waals surface area (Å²) in [4.78, 5) is 28.7. The van der Waals surface area contributed by atoms with E-state index in [0.717, 1.165) is 4.57 Å². The van der Waals surface area contributed by atoms with Crippen LogP contribution in [0.3, 0.4) is 0 Å². The molecule has 3 aromatic rings. The lowest BCUT2D eigenvalue weighted by Gasteiger charge is -2.10. The van der Waals surface area contributed by atoms with Gasteiger partial charge in [-0.15, -0.1) is 0 Å². The molecule has 2 aromatic heterocycles. The quantitative estimate of drug-likeness (QED) is 0.641. The van der Waals surface area contributed by atoms with Gasteiger partial charge in [-0.25, -0.2) is 14.3 Å². The van der Waals surface area contributed by atoms with Gasteiger partial charge in [0.05, 0.1) is 22.8 Å². The highest BCUT2D eigenvalue weighted by Crippen LogP contribution is 2.10. The molecule has 0 aliphatic carbocycles. The summed E-state index contributed by atoms with van der Waals surface area (Å²) in [7, 11) is 1.63. The number of para-hydroxylation sites is 1. The number of benzene rings is 1. The number of halogens is 1. The Morgan fingerprint density at radius 2 is 1.85 bits per heavy atom. The lowest BCUT2D eigenvalue weighted by molar-refractivity contribution is 0.772. The molecule has 0 saturated carbocycles. The zero-order valence-corrected chi connectivity index (χ0v) is 11.3. The molecule has 0 atom stereocenters. The summed E-state index contributed by atoms with van der Waals surface area (Å²) >= 11 is 5.72. The topological polar surface area (TPSA) is 56.9 Å². The molecule has 100 valence electrons. The Bertz CT molecular complexity index is 910. The normalized spacial score (nSPS) is 10.9. The molecule has 0 amide bonds. The Balaban J connectivity index is 2.45. The van der Waals surface area contributed by atoms with E-state index in [9.17, 15) is 9.59 Å². The largest absolute Gasteiger partial charge is 0.335 e. The van der Waals surface area contributed by atoms with E-state index in [1.54, 1.807) is 37.4 Å². The maximum atomic E-state index is 12.5. The van der Waals surface area contributed by atoms with Crippen molar-refractivity contribution in [2.45, 2.75) is 0 Å². The van der Waals surface area contributed by atoms with Gasteiger partial charge in [0.2, 0.25) is 0 Å². The van der Waals surface area contributed by atoms with Crippen LogP contribution < -0.4 is 11.2 Å². The second-order valence-corrected chi connectivity index (χ2v) is 4.73. The Hall–Kier alpha value is -2.40. The smallest absolute Gasteiger partial charge is 0.296 e. The van der Waals surface area contributed by atoms with Gasteiger partial charge in [-0.2, -0.15) is 0 Å². The number of aromatic nitrogens is 3. The van der Waals surface area contributed by atoms with Crippen molar-refractivity contribution in [3.05, 3.63) is 68.6 Å². The molecule has 5 nitrogen and oxygen atoms in total. The minimum atomic E-state index is -0.419. The van der Waals surface area contributed by atoms with Crippen LogP contribution in [0.1, 0.15) is 0 Å². The van der Waals surface area contributed by atoms with Crippen LogP contribution in [-0.2, 0) is 7.05 Å². The number of nitrogens with zero attached hydrogens (tertiary/aromatic N) is 3. The van der Waals surface area contributed by atoms with Gasteiger partial charge in [-0.05, 0) is 24.3 Å². The summed E-state index contributed by atoms with van der Waals surface area (Å²) < 4.78 is 2.52. The number of hydrogen-bond donors (Lipinski definition) is 0. The summed E-state index contributed by atoms with van der Waals surface area (Å²) in [6.07, 6.45) is 1.40. The van der Waals surface area contributed by atoms with E-state index in [4.69, 9.17) is 11.6 Å². The fraction of sp³-hybridized carbons (Fsp3) is 0.0714. The number of hydrogen-bond acceptors (Lipinski definition) is 3. The van der Waals surface area contributed by atoms with E-state index in [2.05, 4.69) is 4.98 Å². The zero-order chi connectivity index (χ0) is 14.3. The van der Waals surface area contributed by atoms with Gasteiger partial charge in [0.25, 0.3) is 5.56 Å². The Morgan fingerprint density at radius 1 is 1.10 bits per heavy atom. The molecule has 0 bridgehead atoms. The Labute approximate surface area is 118 Å². The van der Waals surface area contributed by atoms with Crippen LogP contribution in [0.15, 0.2) is 52.2 Å². The average Bonchev–Trinajstić information content (AvgIpc) is 2.47. The van der Waals surface area contributed by atoms with Crippen molar-refractivity contribution in [3.8, 4) is 5.69 Å². The molecule has 0 saturated heterocycles. The molecule has 0 unspecified atom stereocenters. The molecule has 6 heteroatoms. The van der Waals surface area contributed by atoms with Crippen LogP contribution in [0.2, 0.25) is 5.15 Å². The summed E-state index contributed by atoms with van der Waals surface area (Å²) in [5.41, 5.74) is 0.206. The molecular weight excluding hydrogens is 278 g/mol. The summed E-state index contributed by atoms with van der Waals surface area (Å²) in [6, 6.07) is 10.1. The van der Waals surface area contributed by atoms with Crippen LogP contribution >= 0.6 is 11.6 Å². The third-order valence-electron chi connectivity index (χ3n) is 3.15. The van der Waals surface area contributed by atoms with Crippen LogP contribution in [0.5, 0.6) is 0 Å². The molecular formula is C14H10ClN3O2. The SMILES string of the molecule is Cn1c(=O)n(-c2ccc(Cl)nc2)c(=O)c2ccccc21. The molecule has 1 aromatic carbocycles. The van der Waals surface area contributed by atoms with E-state index in [1.165, 1.54) is 16.8 Å². The van der Waals surface area contributed by atoms with Gasteiger partial charge < -0.3 is 0 Å². The van der Waals surface area contributed by atoms with Gasteiger partial charge in [0.1, 0.15) is 5.15 Å². The molecule has 0 fully saturated rings. The monoisotopic (exact) mass is 287 g/mol. The van der Waals surface area contributed by atoms with E-state index in [1.807, 2.05) is 0 Å². The maximum Gasteiger partial charge on any atom is 0.335 e. The molecule has 0 spiro atoms. The number of rotatable bonds is 1. The summed E-state index contributed by atoms with van der Waals surface area (Å²) in [5, 5.41) is 0.781. The fourth-order valence-electron chi connectivity index (χ4n) is 2.14. The molecule has 0 aliphatic rings. The van der Waals surface area contributed by atoms with Gasteiger partial charge in [-0.3, -0.25) is 9.36 Å². The van der Waals surface area contributed by atoms with Gasteiger partial charge in [0.15, 0.2) is 0 Å². The third kappa shape index (κ3) is 1.83. The van der Waals surface area contributed by atoms with E-state index in [0.29, 0.717) is 21.7 Å². The predicted molar refractivity (Wildman–Crippen MR) is 77.6 cm³/mol. The van der Waals surface area contributed by atoms with Crippen LogP contribution in [-0.4, -0.2) is 14.1 Å². The first kappa shape index (κ1) is 12.6. The van der Waals surface area contributed by atoms with Crippen molar-refractivity contribution in [3.63, 3.8) is 0 Å². The molecule has 0 N–H and O–H groups in total. The predicted octanol–water partition coefficient (Wildman–Crippen LogP) is 1.74. The fourth-order valence-corrected chi connectivity index (χ4v) is 2.25. The second kappa shape index (κ2) is 4.61. The first-order valence-electron chi connectivity index (χ1n) is 5.92. The van der Waals surface area contributed by atoms with Crippen molar-refractivity contribution in [2.75, 3.05) is 0 Å². The van der Waals surface area contributed by atoms with Crippen molar-refractivity contribution in [1.29, 1.82) is 0 Å². The highest BCUT2D eigenvalue weighted by Gasteiger charge is 2.12. The number of pyridine rings is 1. The van der Waals surface area contributed by atoms with Gasteiger partial charge in [0, 0.05) is 7.05 Å². The Morgan fingerprint density at radius 3 is 2.55 bits per heavy atom.